The van der Waals surface area contributed by atoms with Crippen LogP contribution >= 0.6 is 27.5 Å². The van der Waals surface area contributed by atoms with Crippen LogP contribution in [0, 0.1) is 17.0 Å². The maximum atomic E-state index is 10.6. The molecule has 2 rings (SSSR count). The summed E-state index contributed by atoms with van der Waals surface area (Å²) in [6.07, 6.45) is 1.62. The predicted octanol–water partition coefficient (Wildman–Crippen LogP) is 4.51. The zero-order valence-corrected chi connectivity index (χ0v) is 12.1. The van der Waals surface area contributed by atoms with Gasteiger partial charge in [0.25, 0.3) is 5.69 Å². The second kappa shape index (κ2) is 5.54. The van der Waals surface area contributed by atoms with Crippen LogP contribution in [0.2, 0.25) is 5.02 Å². The molecule has 7 heteroatoms. The monoisotopic (exact) mass is 342 g/mol. The van der Waals surface area contributed by atoms with Crippen molar-refractivity contribution in [3.05, 3.63) is 55.6 Å². The molecule has 0 N–H and O–H groups in total. The van der Waals surface area contributed by atoms with Crippen LogP contribution < -0.4 is 4.74 Å². The highest BCUT2D eigenvalue weighted by Crippen LogP contribution is 2.32. The molecule has 2 aromatic rings. The number of benzene rings is 1. The molecule has 98 valence electrons. The van der Waals surface area contributed by atoms with Crippen LogP contribution in [0.15, 0.2) is 34.9 Å². The van der Waals surface area contributed by atoms with Gasteiger partial charge in [-0.3, -0.25) is 10.1 Å². The first kappa shape index (κ1) is 13.8. The Morgan fingerprint density at radius 1 is 1.42 bits per heavy atom. The van der Waals surface area contributed by atoms with E-state index in [1.54, 1.807) is 12.3 Å². The highest BCUT2D eigenvalue weighted by Gasteiger charge is 2.11. The number of aryl methyl sites for hydroxylation is 1. The molecule has 0 saturated heterocycles. The van der Waals surface area contributed by atoms with Gasteiger partial charge in [0.05, 0.1) is 9.95 Å². The molecule has 0 amide bonds. The lowest BCUT2D eigenvalue weighted by molar-refractivity contribution is -0.384. The van der Waals surface area contributed by atoms with Crippen LogP contribution in [-0.2, 0) is 0 Å². The van der Waals surface area contributed by atoms with Gasteiger partial charge in [0.15, 0.2) is 0 Å². The number of ether oxygens (including phenoxy) is 1. The summed E-state index contributed by atoms with van der Waals surface area (Å²) in [5.41, 5.74) is 0.875. The second-order valence-corrected chi connectivity index (χ2v) is 5.01. The molecule has 0 unspecified atom stereocenters. The lowest BCUT2D eigenvalue weighted by Crippen LogP contribution is -1.92. The Morgan fingerprint density at radius 2 is 2.16 bits per heavy atom. The van der Waals surface area contributed by atoms with Gasteiger partial charge < -0.3 is 4.74 Å². The van der Waals surface area contributed by atoms with Crippen LogP contribution in [-0.4, -0.2) is 9.91 Å². The lowest BCUT2D eigenvalue weighted by atomic mass is 10.3. The molecule has 0 aliphatic heterocycles. The van der Waals surface area contributed by atoms with E-state index >= 15 is 0 Å². The third-order valence-electron chi connectivity index (χ3n) is 2.36. The normalized spacial score (nSPS) is 10.3. The van der Waals surface area contributed by atoms with Crippen LogP contribution in [0.4, 0.5) is 5.69 Å². The van der Waals surface area contributed by atoms with Crippen molar-refractivity contribution in [1.29, 1.82) is 0 Å². The highest BCUT2D eigenvalue weighted by atomic mass is 79.9. The fraction of sp³-hybridized carbons (Fsp3) is 0.0833. The molecule has 19 heavy (non-hydrogen) atoms. The quantitative estimate of drug-likeness (QED) is 0.607. The number of nitro groups is 1. The molecule has 0 saturated carbocycles. The number of pyridine rings is 1. The fourth-order valence-corrected chi connectivity index (χ4v) is 1.80. The van der Waals surface area contributed by atoms with Gasteiger partial charge in [0.1, 0.15) is 5.75 Å². The minimum Gasteiger partial charge on any atom is -0.437 e. The van der Waals surface area contributed by atoms with Crippen LogP contribution in [0.1, 0.15) is 5.56 Å². The van der Waals surface area contributed by atoms with E-state index in [9.17, 15) is 10.1 Å². The Kier molecular flexibility index (Phi) is 4.01. The maximum absolute atomic E-state index is 10.6. The summed E-state index contributed by atoms with van der Waals surface area (Å²) in [7, 11) is 0. The number of halogens is 2. The van der Waals surface area contributed by atoms with Crippen molar-refractivity contribution >= 4 is 33.2 Å². The van der Waals surface area contributed by atoms with E-state index in [0.29, 0.717) is 11.6 Å². The molecule has 0 radical (unpaired) electrons. The van der Waals surface area contributed by atoms with Crippen LogP contribution in [0.25, 0.3) is 0 Å². The average molecular weight is 344 g/mol. The Labute approximate surface area is 122 Å². The van der Waals surface area contributed by atoms with E-state index in [2.05, 4.69) is 20.9 Å². The summed E-state index contributed by atoms with van der Waals surface area (Å²) in [5, 5.41) is 10.8. The standard InChI is InChI=1S/C12H8BrClN2O3/c1-7-4-12(15-6-9(7)13)19-11-3-2-8(16(17)18)5-10(11)14/h2-6H,1H3. The van der Waals surface area contributed by atoms with Crippen molar-refractivity contribution in [3.63, 3.8) is 0 Å². The van der Waals surface area contributed by atoms with Crippen LogP contribution in [0.3, 0.4) is 0 Å². The number of hydrogen-bond acceptors (Lipinski definition) is 4. The summed E-state index contributed by atoms with van der Waals surface area (Å²) >= 11 is 9.26. The Bertz CT molecular complexity index is 649. The van der Waals surface area contributed by atoms with E-state index in [-0.39, 0.29) is 10.7 Å². The Morgan fingerprint density at radius 3 is 2.74 bits per heavy atom. The third-order valence-corrected chi connectivity index (χ3v) is 3.49. The maximum Gasteiger partial charge on any atom is 0.271 e. The van der Waals surface area contributed by atoms with E-state index in [1.807, 2.05) is 6.92 Å². The van der Waals surface area contributed by atoms with Gasteiger partial charge in [-0.2, -0.15) is 0 Å². The minimum absolute atomic E-state index is 0.0858. The second-order valence-electron chi connectivity index (χ2n) is 3.75. The van der Waals surface area contributed by atoms with Crippen molar-refractivity contribution in [3.8, 4) is 11.6 Å². The average Bonchev–Trinajstić information content (AvgIpc) is 2.36. The van der Waals surface area contributed by atoms with E-state index in [1.165, 1.54) is 18.2 Å². The topological polar surface area (TPSA) is 65.3 Å². The summed E-state index contributed by atoms with van der Waals surface area (Å²) in [6, 6.07) is 5.75. The predicted molar refractivity (Wildman–Crippen MR) is 74.9 cm³/mol. The van der Waals surface area contributed by atoms with Crippen molar-refractivity contribution in [2.75, 3.05) is 0 Å². The molecule has 0 aliphatic rings. The zero-order chi connectivity index (χ0) is 14.0. The first-order valence-electron chi connectivity index (χ1n) is 5.21. The number of nitro benzene ring substituents is 1. The summed E-state index contributed by atoms with van der Waals surface area (Å²) in [4.78, 5) is 14.1. The number of non-ortho nitro benzene ring substituents is 1. The Hall–Kier alpha value is -1.66. The molecule has 1 aromatic carbocycles. The molecule has 0 aliphatic carbocycles. The van der Waals surface area contributed by atoms with Gasteiger partial charge in [-0.25, -0.2) is 4.98 Å². The largest absolute Gasteiger partial charge is 0.437 e. The number of nitrogens with zero attached hydrogens (tertiary/aromatic N) is 2. The molecule has 1 heterocycles. The van der Waals surface area contributed by atoms with Crippen molar-refractivity contribution in [2.24, 2.45) is 0 Å². The highest BCUT2D eigenvalue weighted by molar-refractivity contribution is 9.10. The first-order valence-corrected chi connectivity index (χ1v) is 6.38. The van der Waals surface area contributed by atoms with Crippen molar-refractivity contribution < 1.29 is 9.66 Å². The lowest BCUT2D eigenvalue weighted by Gasteiger charge is -2.07. The molecule has 0 atom stereocenters. The number of aromatic nitrogens is 1. The summed E-state index contributed by atoms with van der Waals surface area (Å²) in [6.45, 7) is 1.90. The SMILES string of the molecule is Cc1cc(Oc2ccc([N+](=O)[O-])cc2Cl)ncc1Br. The third kappa shape index (κ3) is 3.21. The summed E-state index contributed by atoms with van der Waals surface area (Å²) in [5.74, 6) is 0.693. The molecule has 0 bridgehead atoms. The van der Waals surface area contributed by atoms with E-state index < -0.39 is 4.92 Å². The van der Waals surface area contributed by atoms with Gasteiger partial charge in [-0.05, 0) is 34.5 Å². The van der Waals surface area contributed by atoms with Gasteiger partial charge in [0.2, 0.25) is 5.88 Å². The van der Waals surface area contributed by atoms with Gasteiger partial charge in [-0.1, -0.05) is 11.6 Å². The van der Waals surface area contributed by atoms with E-state index in [0.717, 1.165) is 10.0 Å². The number of rotatable bonds is 3. The zero-order valence-electron chi connectivity index (χ0n) is 9.76. The van der Waals surface area contributed by atoms with Crippen LogP contribution in [0.5, 0.6) is 11.6 Å². The molecule has 0 spiro atoms. The molecular weight excluding hydrogens is 336 g/mol. The molecule has 1 aromatic heterocycles. The van der Waals surface area contributed by atoms with Gasteiger partial charge in [0, 0.05) is 28.9 Å². The molecular formula is C12H8BrClN2O3. The van der Waals surface area contributed by atoms with Gasteiger partial charge in [-0.15, -0.1) is 0 Å². The first-order chi connectivity index (χ1) is 8.97. The van der Waals surface area contributed by atoms with E-state index in [4.69, 9.17) is 16.3 Å². The van der Waals surface area contributed by atoms with Gasteiger partial charge >= 0.3 is 0 Å². The van der Waals surface area contributed by atoms with Crippen molar-refractivity contribution in [2.45, 2.75) is 6.92 Å². The molecule has 5 nitrogen and oxygen atoms in total. The van der Waals surface area contributed by atoms with Crippen molar-refractivity contribution in [1.82, 2.24) is 4.98 Å². The fourth-order valence-electron chi connectivity index (χ4n) is 1.37. The minimum atomic E-state index is -0.516. The summed E-state index contributed by atoms with van der Waals surface area (Å²) < 4.78 is 6.36. The molecule has 0 fully saturated rings. The smallest absolute Gasteiger partial charge is 0.271 e. The number of hydrogen-bond donors (Lipinski definition) is 0. The Balaban J connectivity index is 2.28.